The molecule has 0 aromatic heterocycles. The van der Waals surface area contributed by atoms with Crippen molar-refractivity contribution < 1.29 is 44.1 Å². The fraction of sp³-hybridized carbons (Fsp3) is 1.00. The van der Waals surface area contributed by atoms with E-state index in [0.717, 1.165) is 0 Å². The molecule has 1 saturated carbocycles. The van der Waals surface area contributed by atoms with Gasteiger partial charge in [-0.1, -0.05) is 0 Å². The second kappa shape index (κ2) is 13.8. The molecule has 16 heteroatoms. The molecule has 0 spiro atoms. The van der Waals surface area contributed by atoms with Gasteiger partial charge in [-0.2, -0.15) is 0 Å². The third kappa shape index (κ3) is 6.78. The summed E-state index contributed by atoms with van der Waals surface area (Å²) < 4.78 is 30.2. The molecule has 40 heavy (non-hydrogen) atoms. The molecule has 3 aliphatic heterocycles. The van der Waals surface area contributed by atoms with Gasteiger partial charge in [0.05, 0.1) is 42.5 Å². The van der Waals surface area contributed by atoms with Crippen molar-refractivity contribution in [2.24, 2.45) is 28.7 Å². The Labute approximate surface area is 234 Å². The van der Waals surface area contributed by atoms with Crippen molar-refractivity contribution in [3.63, 3.8) is 0 Å². The van der Waals surface area contributed by atoms with Gasteiger partial charge in [0.15, 0.2) is 18.9 Å². The van der Waals surface area contributed by atoms with Crippen molar-refractivity contribution in [3.8, 4) is 0 Å². The summed E-state index contributed by atoms with van der Waals surface area (Å²) >= 11 is 0. The number of nitrogens with one attached hydrogen (secondary N) is 2. The highest BCUT2D eigenvalue weighted by Gasteiger charge is 2.53. The lowest BCUT2D eigenvalue weighted by molar-refractivity contribution is -0.370. The monoisotopic (exact) mass is 579 g/mol. The van der Waals surface area contributed by atoms with Crippen LogP contribution in [0.2, 0.25) is 0 Å². The Hall–Kier alpha value is -0.640. The van der Waals surface area contributed by atoms with E-state index in [9.17, 15) is 20.4 Å². The number of nitrogens with two attached hydrogens (primary N) is 5. The molecule has 16 atom stereocenters. The molecule has 9 unspecified atom stereocenters. The molecule has 0 aromatic carbocycles. The predicted molar refractivity (Wildman–Crippen MR) is 141 cm³/mol. The molecule has 16 N–H and O–H groups in total. The van der Waals surface area contributed by atoms with Gasteiger partial charge in [-0.3, -0.25) is 0 Å². The molecule has 0 aromatic rings. The summed E-state index contributed by atoms with van der Waals surface area (Å²) in [7, 11) is 1.62. The predicted octanol–water partition coefficient (Wildman–Crippen LogP) is -5.98. The number of hydrogen-bond donors (Lipinski definition) is 11. The molecule has 4 rings (SSSR count). The lowest BCUT2D eigenvalue weighted by Crippen LogP contribution is -2.70. The Balaban J connectivity index is 1.39. The molecule has 4 fully saturated rings. The van der Waals surface area contributed by atoms with Crippen LogP contribution in [0.3, 0.4) is 0 Å². The van der Waals surface area contributed by atoms with Crippen molar-refractivity contribution in [1.29, 1.82) is 0 Å². The lowest BCUT2D eigenvalue weighted by atomic mass is 9.87. The molecule has 3 heterocycles. The van der Waals surface area contributed by atoms with Crippen molar-refractivity contribution in [3.05, 3.63) is 0 Å². The molecule has 0 radical (unpaired) electrons. The van der Waals surface area contributed by atoms with E-state index in [4.69, 9.17) is 52.4 Å². The lowest BCUT2D eigenvalue weighted by Gasteiger charge is -2.51. The molecule has 234 valence electrons. The Morgan fingerprint density at radius 1 is 0.775 bits per heavy atom. The zero-order valence-corrected chi connectivity index (χ0v) is 23.1. The Bertz CT molecular complexity index is 802. The van der Waals surface area contributed by atoms with Gasteiger partial charge in [0, 0.05) is 37.6 Å². The number of hydrogen-bond acceptors (Lipinski definition) is 16. The van der Waals surface area contributed by atoms with E-state index in [1.54, 1.807) is 14.0 Å². The average molecular weight is 580 g/mol. The standard InChI is InChI=1S/C24H49N7O9/c1-8-16(31-9(6-25)7-26)18(33)20(35)24(36-8)40-23-17(30-2)19(34)21-15(38-23)4-12(29)22(39-21)37-14-5-13(32)10(27)3-11(14)28/h8-24,30-35H,3-7,25-29H2,1-2H3/t8?,10-,11?,12?,13?,14+,15+,16-,17?,18+,19?,20?,21?,22+,23?,24-/m1/s1. The number of likely N-dealkylation sites (N-methyl/N-ethyl adjacent to an activating group) is 1. The average Bonchev–Trinajstić information content (AvgIpc) is 2.91. The molecule has 4 aliphatic rings. The molecular weight excluding hydrogens is 530 g/mol. The van der Waals surface area contributed by atoms with E-state index in [1.807, 2.05) is 0 Å². The first-order chi connectivity index (χ1) is 19.0. The first kappa shape index (κ1) is 32.3. The van der Waals surface area contributed by atoms with Gasteiger partial charge in [-0.25, -0.2) is 0 Å². The molecule has 16 nitrogen and oxygen atoms in total. The van der Waals surface area contributed by atoms with Gasteiger partial charge in [-0.15, -0.1) is 0 Å². The van der Waals surface area contributed by atoms with Crippen LogP contribution in [0.5, 0.6) is 0 Å². The SMILES string of the molecule is CNC1C(O[C@H]2OC(C)[C@@H](NC(CN)CN)[C@H](O)C2O)O[C@H]2CC(N)[C@@H](O[C@H]3CC(O)[C@H](N)CC3N)OC2C1O. The van der Waals surface area contributed by atoms with Crippen LogP contribution in [0.4, 0.5) is 0 Å². The highest BCUT2D eigenvalue weighted by molar-refractivity contribution is 5.00. The highest BCUT2D eigenvalue weighted by atomic mass is 16.8. The number of fused-ring (bicyclic) bond motifs is 1. The summed E-state index contributed by atoms with van der Waals surface area (Å²) in [4.78, 5) is 0. The number of rotatable bonds is 9. The normalized spacial score (nSPS) is 50.1. The van der Waals surface area contributed by atoms with Crippen LogP contribution in [0, 0.1) is 0 Å². The second-order valence-corrected chi connectivity index (χ2v) is 11.4. The number of ether oxygens (including phenoxy) is 5. The third-order valence-corrected chi connectivity index (χ3v) is 8.57. The van der Waals surface area contributed by atoms with Crippen LogP contribution in [0.15, 0.2) is 0 Å². The van der Waals surface area contributed by atoms with Crippen LogP contribution < -0.4 is 39.3 Å². The Morgan fingerprint density at radius 3 is 2.12 bits per heavy atom. The number of aliphatic hydroxyl groups is 4. The summed E-state index contributed by atoms with van der Waals surface area (Å²) in [5, 5.41) is 49.2. The maximum Gasteiger partial charge on any atom is 0.189 e. The van der Waals surface area contributed by atoms with E-state index < -0.39 is 97.9 Å². The first-order valence-electron chi connectivity index (χ1n) is 14.1. The van der Waals surface area contributed by atoms with Gasteiger partial charge < -0.3 is 83.4 Å². The van der Waals surface area contributed by atoms with Crippen molar-refractivity contribution in [2.45, 2.75) is 130 Å². The van der Waals surface area contributed by atoms with Crippen LogP contribution in [-0.4, -0.2) is 145 Å². The van der Waals surface area contributed by atoms with Crippen LogP contribution >= 0.6 is 0 Å². The maximum absolute atomic E-state index is 11.3. The summed E-state index contributed by atoms with van der Waals surface area (Å²) in [6, 6.07) is -3.13. The molecule has 0 amide bonds. The summed E-state index contributed by atoms with van der Waals surface area (Å²) in [5.41, 5.74) is 29.9. The number of aliphatic hydroxyl groups excluding tert-OH is 4. The highest BCUT2D eigenvalue weighted by Crippen LogP contribution is 2.35. The zero-order chi connectivity index (χ0) is 29.3. The third-order valence-electron chi connectivity index (χ3n) is 8.57. The minimum Gasteiger partial charge on any atom is -0.391 e. The summed E-state index contributed by atoms with van der Waals surface area (Å²) in [6.45, 7) is 2.24. The van der Waals surface area contributed by atoms with E-state index in [0.29, 0.717) is 6.42 Å². The maximum atomic E-state index is 11.3. The van der Waals surface area contributed by atoms with Gasteiger partial charge in [0.1, 0.15) is 24.4 Å². The fourth-order valence-corrected chi connectivity index (χ4v) is 6.02. The van der Waals surface area contributed by atoms with Crippen LogP contribution in [0.1, 0.15) is 26.2 Å². The van der Waals surface area contributed by atoms with Gasteiger partial charge in [0.2, 0.25) is 0 Å². The Kier molecular flexibility index (Phi) is 11.1. The minimum atomic E-state index is -1.42. The van der Waals surface area contributed by atoms with E-state index in [2.05, 4.69) is 10.6 Å². The van der Waals surface area contributed by atoms with Gasteiger partial charge in [-0.05, 0) is 26.8 Å². The molecular formula is C24H49N7O9. The Morgan fingerprint density at radius 2 is 1.48 bits per heavy atom. The van der Waals surface area contributed by atoms with E-state index in [1.165, 1.54) is 0 Å². The van der Waals surface area contributed by atoms with Crippen LogP contribution in [0.25, 0.3) is 0 Å². The van der Waals surface area contributed by atoms with E-state index >= 15 is 0 Å². The topological polar surface area (TPSA) is 281 Å². The van der Waals surface area contributed by atoms with Crippen molar-refractivity contribution in [2.75, 3.05) is 20.1 Å². The fourth-order valence-electron chi connectivity index (χ4n) is 6.02. The minimum absolute atomic E-state index is 0.251. The quantitative estimate of drug-likeness (QED) is 0.121. The first-order valence-corrected chi connectivity index (χ1v) is 14.1. The second-order valence-electron chi connectivity index (χ2n) is 11.4. The summed E-state index contributed by atoms with van der Waals surface area (Å²) in [5.74, 6) is 0. The zero-order valence-electron chi connectivity index (χ0n) is 23.1. The molecule has 0 bridgehead atoms. The smallest absolute Gasteiger partial charge is 0.189 e. The largest absolute Gasteiger partial charge is 0.391 e. The summed E-state index contributed by atoms with van der Waals surface area (Å²) in [6.07, 6.45) is -9.37. The molecule has 3 saturated heterocycles. The van der Waals surface area contributed by atoms with Crippen molar-refractivity contribution in [1.82, 2.24) is 10.6 Å². The van der Waals surface area contributed by atoms with Crippen LogP contribution in [-0.2, 0) is 23.7 Å². The van der Waals surface area contributed by atoms with Gasteiger partial charge >= 0.3 is 0 Å². The molecule has 1 aliphatic carbocycles. The van der Waals surface area contributed by atoms with Crippen molar-refractivity contribution >= 4 is 0 Å². The van der Waals surface area contributed by atoms with E-state index in [-0.39, 0.29) is 32.0 Å². The van der Waals surface area contributed by atoms with Gasteiger partial charge in [0.25, 0.3) is 0 Å².